The summed E-state index contributed by atoms with van der Waals surface area (Å²) in [6.07, 6.45) is 0.148. The van der Waals surface area contributed by atoms with Crippen molar-refractivity contribution in [3.8, 4) is 0 Å². The Bertz CT molecular complexity index is 188. The van der Waals surface area contributed by atoms with Gasteiger partial charge in [-0.3, -0.25) is 0 Å². The van der Waals surface area contributed by atoms with Crippen LogP contribution in [0.3, 0.4) is 0 Å². The zero-order valence-corrected chi connectivity index (χ0v) is 9.78. The van der Waals surface area contributed by atoms with E-state index in [0.29, 0.717) is 13.2 Å². The lowest BCUT2D eigenvalue weighted by molar-refractivity contribution is -0.167. The van der Waals surface area contributed by atoms with Gasteiger partial charge in [0.15, 0.2) is 5.60 Å². The fraction of sp³-hybridized carbons (Fsp3) is 0.900. The average Bonchev–Trinajstić information content (AvgIpc) is 2.15. The van der Waals surface area contributed by atoms with Crippen LogP contribution >= 0.6 is 0 Å². The summed E-state index contributed by atoms with van der Waals surface area (Å²) in [7, 11) is 1.22. The maximum atomic E-state index is 11.0. The predicted octanol–water partition coefficient (Wildman–Crippen LogP) is 0.352. The van der Waals surface area contributed by atoms with Crippen LogP contribution < -0.4 is 0 Å². The molecule has 1 atom stereocenters. The van der Waals surface area contributed by atoms with Gasteiger partial charge in [0.2, 0.25) is 0 Å². The quantitative estimate of drug-likeness (QED) is 0.495. The highest BCUT2D eigenvalue weighted by Gasteiger charge is 2.31. The highest BCUT2D eigenvalue weighted by molar-refractivity contribution is 5.78. The monoisotopic (exact) mass is 220 g/mol. The minimum absolute atomic E-state index is 0.0961. The lowest BCUT2D eigenvalue weighted by Crippen LogP contribution is -2.41. The third kappa shape index (κ3) is 6.43. The van der Waals surface area contributed by atoms with Crippen LogP contribution in [-0.2, 0) is 19.0 Å². The van der Waals surface area contributed by atoms with Crippen LogP contribution in [0.1, 0.15) is 20.8 Å². The van der Waals surface area contributed by atoms with Gasteiger partial charge in [0.1, 0.15) is 0 Å². The Kier molecular flexibility index (Phi) is 6.47. The Hall–Kier alpha value is -0.650. The van der Waals surface area contributed by atoms with Gasteiger partial charge in [-0.15, -0.1) is 0 Å². The van der Waals surface area contributed by atoms with E-state index in [1.165, 1.54) is 14.0 Å². The number of aliphatic hydroxyl groups is 1. The molecule has 0 rings (SSSR count). The van der Waals surface area contributed by atoms with Crippen LogP contribution in [0.5, 0.6) is 0 Å². The molecule has 1 N–H and O–H groups in total. The molecule has 90 valence electrons. The number of ether oxygens (including phenoxy) is 3. The fourth-order valence-corrected chi connectivity index (χ4v) is 0.892. The molecular weight excluding hydrogens is 200 g/mol. The van der Waals surface area contributed by atoms with Gasteiger partial charge in [-0.05, 0) is 20.8 Å². The van der Waals surface area contributed by atoms with Gasteiger partial charge in [-0.25, -0.2) is 4.79 Å². The molecule has 0 aliphatic heterocycles. The summed E-state index contributed by atoms with van der Waals surface area (Å²) in [6, 6.07) is 0. The van der Waals surface area contributed by atoms with Crippen molar-refractivity contribution in [2.24, 2.45) is 0 Å². The standard InChI is InChI=1S/C10H20O5/c1-8(2)15-6-5-14-7-10(3,12)9(11)13-4/h8,12H,5-7H2,1-4H3. The van der Waals surface area contributed by atoms with Crippen molar-refractivity contribution < 1.29 is 24.1 Å². The van der Waals surface area contributed by atoms with Crippen molar-refractivity contribution in [1.82, 2.24) is 0 Å². The SMILES string of the molecule is COC(=O)C(C)(O)COCCOC(C)C. The summed E-state index contributed by atoms with van der Waals surface area (Å²) in [5.41, 5.74) is -1.59. The fourth-order valence-electron chi connectivity index (χ4n) is 0.892. The highest BCUT2D eigenvalue weighted by atomic mass is 16.6. The van der Waals surface area contributed by atoms with Gasteiger partial charge >= 0.3 is 5.97 Å². The van der Waals surface area contributed by atoms with Crippen LogP contribution in [0.15, 0.2) is 0 Å². The Morgan fingerprint density at radius 3 is 2.47 bits per heavy atom. The normalized spacial score (nSPS) is 15.1. The summed E-state index contributed by atoms with van der Waals surface area (Å²) in [5.74, 6) is -0.702. The molecule has 5 nitrogen and oxygen atoms in total. The Morgan fingerprint density at radius 1 is 1.40 bits per heavy atom. The zero-order valence-electron chi connectivity index (χ0n) is 9.78. The van der Waals surface area contributed by atoms with Gasteiger partial charge < -0.3 is 19.3 Å². The Balaban J connectivity index is 3.62. The second-order valence-corrected chi connectivity index (χ2v) is 3.74. The zero-order chi connectivity index (χ0) is 11.9. The number of methoxy groups -OCH3 is 1. The van der Waals surface area contributed by atoms with Gasteiger partial charge in [0.25, 0.3) is 0 Å². The van der Waals surface area contributed by atoms with E-state index in [1.54, 1.807) is 0 Å². The lowest BCUT2D eigenvalue weighted by Gasteiger charge is -2.20. The van der Waals surface area contributed by atoms with E-state index >= 15 is 0 Å². The van der Waals surface area contributed by atoms with Gasteiger partial charge in [0, 0.05) is 0 Å². The molecule has 0 fully saturated rings. The number of hydrogen-bond donors (Lipinski definition) is 1. The number of carbonyl (C=O) groups excluding carboxylic acids is 1. The van der Waals surface area contributed by atoms with E-state index in [9.17, 15) is 9.90 Å². The summed E-state index contributed by atoms with van der Waals surface area (Å²) < 4.78 is 14.7. The maximum Gasteiger partial charge on any atom is 0.339 e. The molecule has 1 unspecified atom stereocenters. The lowest BCUT2D eigenvalue weighted by atomic mass is 10.1. The first-order valence-corrected chi connectivity index (χ1v) is 4.90. The van der Waals surface area contributed by atoms with Crippen molar-refractivity contribution in [3.63, 3.8) is 0 Å². The van der Waals surface area contributed by atoms with Crippen molar-refractivity contribution in [3.05, 3.63) is 0 Å². The van der Waals surface area contributed by atoms with Crippen LogP contribution in [0.4, 0.5) is 0 Å². The first-order valence-electron chi connectivity index (χ1n) is 4.90. The van der Waals surface area contributed by atoms with E-state index in [-0.39, 0.29) is 12.7 Å². The van der Waals surface area contributed by atoms with Gasteiger partial charge in [-0.2, -0.15) is 0 Å². The second-order valence-electron chi connectivity index (χ2n) is 3.74. The molecule has 0 aliphatic carbocycles. The van der Waals surface area contributed by atoms with E-state index in [1.807, 2.05) is 13.8 Å². The molecule has 0 bridgehead atoms. The second kappa shape index (κ2) is 6.76. The Morgan fingerprint density at radius 2 is 2.00 bits per heavy atom. The number of carbonyl (C=O) groups is 1. The smallest absolute Gasteiger partial charge is 0.339 e. The minimum Gasteiger partial charge on any atom is -0.467 e. The molecule has 0 saturated heterocycles. The summed E-state index contributed by atoms with van der Waals surface area (Å²) >= 11 is 0. The third-order valence-electron chi connectivity index (χ3n) is 1.69. The molecule has 5 heteroatoms. The number of rotatable bonds is 7. The molecule has 0 aliphatic rings. The molecule has 0 aromatic carbocycles. The summed E-state index contributed by atoms with van der Waals surface area (Å²) in [4.78, 5) is 11.0. The molecule has 0 aromatic heterocycles. The van der Waals surface area contributed by atoms with Crippen LogP contribution in [-0.4, -0.2) is 49.7 Å². The Labute approximate surface area is 90.3 Å². The van der Waals surface area contributed by atoms with Crippen molar-refractivity contribution in [2.45, 2.75) is 32.5 Å². The summed E-state index contributed by atoms with van der Waals surface area (Å²) in [6.45, 7) is 5.87. The van der Waals surface area contributed by atoms with Gasteiger partial charge in [0.05, 0.1) is 33.0 Å². The van der Waals surface area contributed by atoms with E-state index in [4.69, 9.17) is 9.47 Å². The van der Waals surface area contributed by atoms with Crippen molar-refractivity contribution in [1.29, 1.82) is 0 Å². The third-order valence-corrected chi connectivity index (χ3v) is 1.69. The molecule has 15 heavy (non-hydrogen) atoms. The first-order chi connectivity index (χ1) is 6.90. The molecule has 0 heterocycles. The molecule has 0 radical (unpaired) electrons. The molecule has 0 saturated carbocycles. The molecular formula is C10H20O5. The van der Waals surface area contributed by atoms with Gasteiger partial charge in [-0.1, -0.05) is 0 Å². The van der Waals surface area contributed by atoms with Crippen molar-refractivity contribution in [2.75, 3.05) is 26.9 Å². The number of hydrogen-bond acceptors (Lipinski definition) is 5. The molecule has 0 spiro atoms. The molecule has 0 amide bonds. The largest absolute Gasteiger partial charge is 0.467 e. The average molecular weight is 220 g/mol. The van der Waals surface area contributed by atoms with Crippen LogP contribution in [0.25, 0.3) is 0 Å². The molecule has 0 aromatic rings. The minimum atomic E-state index is -1.59. The first kappa shape index (κ1) is 14.3. The number of esters is 1. The maximum absolute atomic E-state index is 11.0. The van der Waals surface area contributed by atoms with Crippen LogP contribution in [0.2, 0.25) is 0 Å². The summed E-state index contributed by atoms with van der Waals surface area (Å²) in [5, 5.41) is 9.55. The highest BCUT2D eigenvalue weighted by Crippen LogP contribution is 2.05. The van der Waals surface area contributed by atoms with Crippen LogP contribution in [0, 0.1) is 0 Å². The topological polar surface area (TPSA) is 65.0 Å². The van der Waals surface area contributed by atoms with E-state index in [0.717, 1.165) is 0 Å². The van der Waals surface area contributed by atoms with E-state index in [2.05, 4.69) is 4.74 Å². The van der Waals surface area contributed by atoms with Crippen molar-refractivity contribution >= 4 is 5.97 Å². The van der Waals surface area contributed by atoms with E-state index < -0.39 is 11.6 Å². The predicted molar refractivity (Wildman–Crippen MR) is 54.5 cm³/mol.